The number of aryl methyl sites for hydroxylation is 2. The molecule has 0 aromatic carbocycles. The number of nitrogens with one attached hydrogen (secondary N) is 1. The second-order valence-electron chi connectivity index (χ2n) is 3.84. The van der Waals surface area contributed by atoms with Gasteiger partial charge >= 0.3 is 5.97 Å². The molecule has 0 spiro atoms. The molecule has 0 aliphatic carbocycles. The van der Waals surface area contributed by atoms with Crippen molar-refractivity contribution >= 4 is 29.0 Å². The highest BCUT2D eigenvalue weighted by Gasteiger charge is 2.18. The Kier molecular flexibility index (Phi) is 3.57. The van der Waals surface area contributed by atoms with Crippen molar-refractivity contribution in [3.8, 4) is 0 Å². The van der Waals surface area contributed by atoms with Gasteiger partial charge in [-0.25, -0.2) is 14.8 Å². The zero-order chi connectivity index (χ0) is 14.0. The molecule has 7 heteroatoms. The van der Waals surface area contributed by atoms with Gasteiger partial charge in [-0.2, -0.15) is 0 Å². The van der Waals surface area contributed by atoms with E-state index in [0.717, 1.165) is 9.75 Å². The number of thiophene rings is 1. The lowest BCUT2D eigenvalue weighted by Gasteiger charge is -2.05. The van der Waals surface area contributed by atoms with E-state index in [4.69, 9.17) is 5.11 Å². The minimum atomic E-state index is -1.23. The van der Waals surface area contributed by atoms with Gasteiger partial charge in [-0.3, -0.25) is 4.79 Å². The highest BCUT2D eigenvalue weighted by molar-refractivity contribution is 7.12. The molecule has 2 rings (SSSR count). The van der Waals surface area contributed by atoms with E-state index in [1.807, 2.05) is 13.8 Å². The predicted molar refractivity (Wildman–Crippen MR) is 70.7 cm³/mol. The van der Waals surface area contributed by atoms with Crippen molar-refractivity contribution in [1.29, 1.82) is 0 Å². The van der Waals surface area contributed by atoms with E-state index < -0.39 is 5.97 Å². The number of aromatic nitrogens is 2. The maximum atomic E-state index is 12.1. The molecular formula is C12H11N3O3S. The molecule has 0 radical (unpaired) electrons. The van der Waals surface area contributed by atoms with Crippen LogP contribution in [-0.2, 0) is 0 Å². The van der Waals surface area contributed by atoms with Crippen LogP contribution in [0.2, 0.25) is 0 Å². The number of anilines is 1. The van der Waals surface area contributed by atoms with E-state index in [0.29, 0.717) is 5.56 Å². The fraction of sp³-hybridized carbons (Fsp3) is 0.167. The molecule has 2 aromatic rings. The number of amides is 1. The number of carboxylic acid groups (broad SMARTS) is 1. The molecular weight excluding hydrogens is 266 g/mol. The van der Waals surface area contributed by atoms with Gasteiger partial charge in [0.2, 0.25) is 0 Å². The monoisotopic (exact) mass is 277 g/mol. The third kappa shape index (κ3) is 2.76. The van der Waals surface area contributed by atoms with Crippen LogP contribution in [0.4, 0.5) is 5.82 Å². The normalized spacial score (nSPS) is 10.2. The second-order valence-corrected chi connectivity index (χ2v) is 5.30. The van der Waals surface area contributed by atoms with Gasteiger partial charge in [-0.15, -0.1) is 11.3 Å². The Labute approximate surface area is 113 Å². The van der Waals surface area contributed by atoms with Crippen LogP contribution in [-0.4, -0.2) is 27.0 Å². The first-order valence-electron chi connectivity index (χ1n) is 5.41. The summed E-state index contributed by atoms with van der Waals surface area (Å²) in [6, 6.07) is 1.76. The van der Waals surface area contributed by atoms with Gasteiger partial charge in [0, 0.05) is 22.1 Å². The number of carboxylic acids is 1. The van der Waals surface area contributed by atoms with Crippen molar-refractivity contribution in [2.24, 2.45) is 0 Å². The number of hydrogen-bond acceptors (Lipinski definition) is 5. The Morgan fingerprint density at radius 3 is 2.53 bits per heavy atom. The van der Waals surface area contributed by atoms with Gasteiger partial charge in [0.1, 0.15) is 0 Å². The van der Waals surface area contributed by atoms with Gasteiger partial charge in [0.25, 0.3) is 5.91 Å². The summed E-state index contributed by atoms with van der Waals surface area (Å²) < 4.78 is 0. The number of nitrogens with zero attached hydrogens (tertiary/aromatic N) is 2. The lowest BCUT2D eigenvalue weighted by atomic mass is 10.2. The quantitative estimate of drug-likeness (QED) is 0.896. The van der Waals surface area contributed by atoms with Crippen LogP contribution >= 0.6 is 11.3 Å². The van der Waals surface area contributed by atoms with E-state index in [9.17, 15) is 9.59 Å². The molecule has 0 atom stereocenters. The summed E-state index contributed by atoms with van der Waals surface area (Å²) in [6.07, 6.45) is 2.59. The SMILES string of the molecule is Cc1cc(C(=O)Nc2nccnc2C(=O)O)c(C)s1. The van der Waals surface area contributed by atoms with Crippen LogP contribution < -0.4 is 5.32 Å². The summed E-state index contributed by atoms with van der Waals surface area (Å²) in [4.78, 5) is 32.4. The third-order valence-electron chi connectivity index (χ3n) is 2.42. The van der Waals surface area contributed by atoms with E-state index >= 15 is 0 Å². The summed E-state index contributed by atoms with van der Waals surface area (Å²) in [6.45, 7) is 3.74. The molecule has 1 amide bonds. The standard InChI is InChI=1S/C12H11N3O3S/c1-6-5-8(7(2)19-6)11(16)15-10-9(12(17)18)13-3-4-14-10/h3-5H,1-2H3,(H,17,18)(H,14,15,16). The Balaban J connectivity index is 2.29. The summed E-state index contributed by atoms with van der Waals surface area (Å²) in [5, 5.41) is 11.4. The van der Waals surface area contributed by atoms with E-state index in [1.54, 1.807) is 6.07 Å². The molecule has 0 unspecified atom stereocenters. The fourth-order valence-corrected chi connectivity index (χ4v) is 2.54. The van der Waals surface area contributed by atoms with Crippen LogP contribution in [0.25, 0.3) is 0 Å². The van der Waals surface area contributed by atoms with Crippen LogP contribution in [0.5, 0.6) is 0 Å². The van der Waals surface area contributed by atoms with Gasteiger partial charge in [-0.05, 0) is 19.9 Å². The molecule has 0 saturated heterocycles. The molecule has 0 bridgehead atoms. The first kappa shape index (κ1) is 13.2. The molecule has 0 aliphatic heterocycles. The van der Waals surface area contributed by atoms with Crippen LogP contribution in [0, 0.1) is 13.8 Å². The van der Waals surface area contributed by atoms with Gasteiger partial charge in [0.15, 0.2) is 11.5 Å². The maximum absolute atomic E-state index is 12.1. The van der Waals surface area contributed by atoms with Crippen molar-refractivity contribution in [2.75, 3.05) is 5.32 Å². The first-order valence-corrected chi connectivity index (χ1v) is 6.23. The minimum absolute atomic E-state index is 0.0525. The largest absolute Gasteiger partial charge is 0.476 e. The van der Waals surface area contributed by atoms with Crippen molar-refractivity contribution < 1.29 is 14.7 Å². The Hall–Kier alpha value is -2.28. The maximum Gasteiger partial charge on any atom is 0.358 e. The van der Waals surface area contributed by atoms with Crippen molar-refractivity contribution in [3.05, 3.63) is 39.5 Å². The van der Waals surface area contributed by atoms with Crippen LogP contribution in [0.1, 0.15) is 30.6 Å². The van der Waals surface area contributed by atoms with Crippen LogP contribution in [0.15, 0.2) is 18.5 Å². The van der Waals surface area contributed by atoms with Gasteiger partial charge in [-0.1, -0.05) is 0 Å². The predicted octanol–water partition coefficient (Wildman–Crippen LogP) is 2.11. The summed E-state index contributed by atoms with van der Waals surface area (Å²) in [5.41, 5.74) is 0.241. The van der Waals surface area contributed by atoms with Crippen molar-refractivity contribution in [1.82, 2.24) is 9.97 Å². The zero-order valence-corrected chi connectivity index (χ0v) is 11.1. The molecule has 98 valence electrons. The number of aromatic carboxylic acids is 1. The lowest BCUT2D eigenvalue weighted by Crippen LogP contribution is -2.17. The third-order valence-corrected chi connectivity index (χ3v) is 3.38. The number of rotatable bonds is 3. The molecule has 0 fully saturated rings. The van der Waals surface area contributed by atoms with E-state index in [2.05, 4.69) is 15.3 Å². The molecule has 0 aliphatic rings. The topological polar surface area (TPSA) is 92.2 Å². The van der Waals surface area contributed by atoms with Crippen molar-refractivity contribution in [3.63, 3.8) is 0 Å². The number of carbonyl (C=O) groups excluding carboxylic acids is 1. The molecule has 19 heavy (non-hydrogen) atoms. The summed E-state index contributed by atoms with van der Waals surface area (Å²) in [7, 11) is 0. The molecule has 6 nitrogen and oxygen atoms in total. The Morgan fingerprint density at radius 2 is 1.95 bits per heavy atom. The molecule has 0 saturated carbocycles. The van der Waals surface area contributed by atoms with E-state index in [-0.39, 0.29) is 17.4 Å². The highest BCUT2D eigenvalue weighted by Crippen LogP contribution is 2.21. The average Bonchev–Trinajstić information content (AvgIpc) is 2.69. The van der Waals surface area contributed by atoms with E-state index in [1.165, 1.54) is 23.7 Å². The summed E-state index contributed by atoms with van der Waals surface area (Å²) >= 11 is 1.51. The molecule has 2 heterocycles. The summed E-state index contributed by atoms with van der Waals surface area (Å²) in [5.74, 6) is -1.67. The number of hydrogen-bond donors (Lipinski definition) is 2. The smallest absolute Gasteiger partial charge is 0.358 e. The number of carbonyl (C=O) groups is 2. The molecule has 2 N–H and O–H groups in total. The second kappa shape index (κ2) is 5.15. The van der Waals surface area contributed by atoms with Gasteiger partial charge in [0.05, 0.1) is 5.56 Å². The first-order chi connectivity index (χ1) is 8.99. The Bertz CT molecular complexity index is 651. The molecule has 2 aromatic heterocycles. The zero-order valence-electron chi connectivity index (χ0n) is 10.3. The Morgan fingerprint density at radius 1 is 1.26 bits per heavy atom. The lowest BCUT2D eigenvalue weighted by molar-refractivity contribution is 0.0691. The fourth-order valence-electron chi connectivity index (χ4n) is 1.62. The van der Waals surface area contributed by atoms with Crippen LogP contribution in [0.3, 0.4) is 0 Å². The van der Waals surface area contributed by atoms with Crippen molar-refractivity contribution in [2.45, 2.75) is 13.8 Å². The van der Waals surface area contributed by atoms with Gasteiger partial charge < -0.3 is 10.4 Å². The highest BCUT2D eigenvalue weighted by atomic mass is 32.1. The minimum Gasteiger partial charge on any atom is -0.476 e. The average molecular weight is 277 g/mol.